The summed E-state index contributed by atoms with van der Waals surface area (Å²) in [5, 5.41) is 0. The molecule has 2 atom stereocenters. The van der Waals surface area contributed by atoms with Gasteiger partial charge in [-0.25, -0.2) is 9.37 Å². The zero-order valence-electron chi connectivity index (χ0n) is 15.0. The number of rotatable bonds is 3. The molecule has 1 aromatic heterocycles. The van der Waals surface area contributed by atoms with Gasteiger partial charge < -0.3 is 4.74 Å². The first kappa shape index (κ1) is 19.1. The molecule has 27 heavy (non-hydrogen) atoms. The first-order valence-corrected chi connectivity index (χ1v) is 8.32. The molecule has 1 aliphatic heterocycles. The van der Waals surface area contributed by atoms with Gasteiger partial charge in [-0.1, -0.05) is 6.92 Å². The molecule has 2 aromatic rings. The van der Waals surface area contributed by atoms with E-state index in [4.69, 9.17) is 4.74 Å². The van der Waals surface area contributed by atoms with Crippen LogP contribution in [0.5, 0.6) is 5.75 Å². The van der Waals surface area contributed by atoms with E-state index in [0.717, 1.165) is 11.0 Å². The van der Waals surface area contributed by atoms with E-state index in [1.807, 2.05) is 0 Å². The van der Waals surface area contributed by atoms with E-state index in [9.17, 15) is 22.4 Å². The summed E-state index contributed by atoms with van der Waals surface area (Å²) in [6.45, 7) is 3.19. The molecule has 3 rings (SSSR count). The molecule has 0 radical (unpaired) electrons. The van der Waals surface area contributed by atoms with Crippen LogP contribution in [0.15, 0.2) is 30.5 Å². The molecular weight excluding hydrogens is 364 g/mol. The fourth-order valence-corrected chi connectivity index (χ4v) is 3.54. The van der Waals surface area contributed by atoms with Crippen molar-refractivity contribution < 1.29 is 27.1 Å². The van der Waals surface area contributed by atoms with Gasteiger partial charge in [0.1, 0.15) is 17.4 Å². The number of benzene rings is 1. The summed E-state index contributed by atoms with van der Waals surface area (Å²) in [6, 6.07) is 4.90. The third-order valence-corrected chi connectivity index (χ3v) is 4.90. The van der Waals surface area contributed by atoms with E-state index < -0.39 is 41.1 Å². The topological polar surface area (TPSA) is 42.4 Å². The van der Waals surface area contributed by atoms with Crippen LogP contribution >= 0.6 is 0 Å². The quantitative estimate of drug-likeness (QED) is 0.743. The molecular formula is C19H18F4N2O2. The Balaban J connectivity index is 2.03. The van der Waals surface area contributed by atoms with Crippen molar-refractivity contribution in [2.45, 2.75) is 25.9 Å². The number of carbonyl (C=O) groups is 1. The van der Waals surface area contributed by atoms with Gasteiger partial charge in [0.15, 0.2) is 0 Å². The molecule has 2 heterocycles. The summed E-state index contributed by atoms with van der Waals surface area (Å²) < 4.78 is 59.6. The highest BCUT2D eigenvalue weighted by atomic mass is 19.4. The number of anilines is 1. The Morgan fingerprint density at radius 3 is 2.59 bits per heavy atom. The maximum atomic E-state index is 14.6. The number of methoxy groups -OCH3 is 1. The Kier molecular flexibility index (Phi) is 4.84. The molecule has 0 unspecified atom stereocenters. The van der Waals surface area contributed by atoms with Crippen LogP contribution in [0.3, 0.4) is 0 Å². The van der Waals surface area contributed by atoms with Gasteiger partial charge in [-0.05, 0) is 36.2 Å². The van der Waals surface area contributed by atoms with E-state index in [2.05, 4.69) is 4.98 Å². The molecule has 1 fully saturated rings. The van der Waals surface area contributed by atoms with E-state index in [-0.39, 0.29) is 6.54 Å². The van der Waals surface area contributed by atoms with Crippen LogP contribution in [0.2, 0.25) is 0 Å². The molecule has 1 saturated heterocycles. The Labute approximate surface area is 153 Å². The smallest absolute Gasteiger partial charge is 0.419 e. The maximum Gasteiger partial charge on any atom is 0.419 e. The molecule has 1 aliphatic rings. The van der Waals surface area contributed by atoms with Crippen molar-refractivity contribution in [3.63, 3.8) is 0 Å². The highest BCUT2D eigenvalue weighted by molar-refractivity contribution is 5.98. The molecule has 1 amide bonds. The van der Waals surface area contributed by atoms with Crippen LogP contribution in [0, 0.1) is 18.7 Å². The van der Waals surface area contributed by atoms with Gasteiger partial charge in [-0.15, -0.1) is 0 Å². The van der Waals surface area contributed by atoms with Gasteiger partial charge in [0.25, 0.3) is 0 Å². The Morgan fingerprint density at radius 1 is 1.30 bits per heavy atom. The zero-order valence-corrected chi connectivity index (χ0v) is 15.0. The van der Waals surface area contributed by atoms with Crippen molar-refractivity contribution in [3.8, 4) is 5.75 Å². The van der Waals surface area contributed by atoms with Crippen molar-refractivity contribution >= 4 is 11.7 Å². The molecule has 0 aliphatic carbocycles. The number of hydrogen-bond donors (Lipinski definition) is 0. The Bertz CT molecular complexity index is 859. The molecule has 0 saturated carbocycles. The van der Waals surface area contributed by atoms with E-state index >= 15 is 0 Å². The van der Waals surface area contributed by atoms with Gasteiger partial charge >= 0.3 is 6.18 Å². The molecule has 0 spiro atoms. The number of ether oxygens (including phenoxy) is 1. The lowest BCUT2D eigenvalue weighted by Crippen LogP contribution is -2.29. The average molecular weight is 382 g/mol. The molecule has 8 heteroatoms. The minimum absolute atomic E-state index is 0.0792. The number of halogens is 4. The minimum atomic E-state index is -4.65. The summed E-state index contributed by atoms with van der Waals surface area (Å²) >= 11 is 0. The number of pyridine rings is 1. The van der Waals surface area contributed by atoms with Crippen molar-refractivity contribution in [2.75, 3.05) is 18.6 Å². The summed E-state index contributed by atoms with van der Waals surface area (Å²) in [6.07, 6.45) is -3.44. The molecule has 4 nitrogen and oxygen atoms in total. The second-order valence-corrected chi connectivity index (χ2v) is 6.56. The van der Waals surface area contributed by atoms with Gasteiger partial charge in [0.05, 0.1) is 12.7 Å². The molecule has 0 bridgehead atoms. The molecule has 1 aromatic carbocycles. The van der Waals surface area contributed by atoms with Crippen molar-refractivity contribution in [1.82, 2.24) is 4.98 Å². The summed E-state index contributed by atoms with van der Waals surface area (Å²) in [5.41, 5.74) is -0.0998. The van der Waals surface area contributed by atoms with Crippen molar-refractivity contribution in [3.05, 3.63) is 53.0 Å². The van der Waals surface area contributed by atoms with E-state index in [0.29, 0.717) is 16.9 Å². The highest BCUT2D eigenvalue weighted by Gasteiger charge is 2.44. The van der Waals surface area contributed by atoms with Crippen LogP contribution in [0.1, 0.15) is 29.5 Å². The van der Waals surface area contributed by atoms with Crippen LogP contribution < -0.4 is 9.64 Å². The molecule has 0 N–H and O–H groups in total. The third-order valence-electron chi connectivity index (χ3n) is 4.90. The van der Waals surface area contributed by atoms with Crippen LogP contribution in [0.4, 0.5) is 23.4 Å². The zero-order chi connectivity index (χ0) is 19.9. The number of aromatic nitrogens is 1. The lowest BCUT2D eigenvalue weighted by atomic mass is 9.87. The van der Waals surface area contributed by atoms with Crippen molar-refractivity contribution in [1.29, 1.82) is 0 Å². The summed E-state index contributed by atoms with van der Waals surface area (Å²) in [4.78, 5) is 17.5. The number of alkyl halides is 3. The molecule has 144 valence electrons. The van der Waals surface area contributed by atoms with Crippen molar-refractivity contribution in [2.24, 2.45) is 5.92 Å². The number of amides is 1. The summed E-state index contributed by atoms with van der Waals surface area (Å²) in [5.74, 6) is -2.45. The fourth-order valence-electron chi connectivity index (χ4n) is 3.54. The SMILES string of the molecule is COc1cc(C)c([C@@H]2CN(c3ncccc3C(F)(F)F)C(=O)[C@H]2C)c(F)c1. The lowest BCUT2D eigenvalue weighted by molar-refractivity contribution is -0.137. The second-order valence-electron chi connectivity index (χ2n) is 6.56. The summed E-state index contributed by atoms with van der Waals surface area (Å²) in [7, 11) is 1.41. The number of aryl methyl sites for hydroxylation is 1. The van der Waals surface area contributed by atoms with E-state index in [1.165, 1.54) is 25.4 Å². The number of carbonyl (C=O) groups excluding carboxylic acids is 1. The standard InChI is InChI=1S/C19H18F4N2O2/c1-10-7-12(27-3)8-15(20)16(10)13-9-25(18(26)11(13)2)17-14(19(21,22)23)5-4-6-24-17/h4-8,11,13H,9H2,1-3H3/t11-,13+/m0/s1. The largest absolute Gasteiger partial charge is 0.497 e. The fraction of sp³-hybridized carbons (Fsp3) is 0.368. The Morgan fingerprint density at radius 2 is 2.00 bits per heavy atom. The Hall–Kier alpha value is -2.64. The van der Waals surface area contributed by atoms with Crippen LogP contribution in [-0.2, 0) is 11.0 Å². The van der Waals surface area contributed by atoms with Gasteiger partial charge in [0.2, 0.25) is 5.91 Å². The maximum absolute atomic E-state index is 14.6. The van der Waals surface area contributed by atoms with Crippen LogP contribution in [-0.4, -0.2) is 24.5 Å². The monoisotopic (exact) mass is 382 g/mol. The first-order valence-electron chi connectivity index (χ1n) is 8.32. The van der Waals surface area contributed by atoms with Crippen LogP contribution in [0.25, 0.3) is 0 Å². The normalized spacial score (nSPS) is 20.3. The second kappa shape index (κ2) is 6.83. The van der Waals surface area contributed by atoms with Gasteiger partial charge in [-0.3, -0.25) is 9.69 Å². The highest BCUT2D eigenvalue weighted by Crippen LogP contribution is 2.42. The average Bonchev–Trinajstić information content (AvgIpc) is 2.89. The van der Waals surface area contributed by atoms with Gasteiger partial charge in [0, 0.05) is 30.6 Å². The number of hydrogen-bond acceptors (Lipinski definition) is 3. The first-order chi connectivity index (χ1) is 12.6. The lowest BCUT2D eigenvalue weighted by Gasteiger charge is -2.21. The third kappa shape index (κ3) is 3.36. The van der Waals surface area contributed by atoms with Gasteiger partial charge in [-0.2, -0.15) is 13.2 Å². The number of nitrogens with zero attached hydrogens (tertiary/aromatic N) is 2. The predicted octanol–water partition coefficient (Wildman–Crippen LogP) is 4.32. The predicted molar refractivity (Wildman–Crippen MR) is 91.2 cm³/mol. The van der Waals surface area contributed by atoms with E-state index in [1.54, 1.807) is 19.9 Å². The minimum Gasteiger partial charge on any atom is -0.497 e.